The minimum Gasteiger partial charge on any atom is -0.352 e. The van der Waals surface area contributed by atoms with Crippen LogP contribution in [0.25, 0.3) is 0 Å². The number of rotatable bonds is 5. The number of alkyl halides is 3. The second kappa shape index (κ2) is 6.42. The van der Waals surface area contributed by atoms with Crippen molar-refractivity contribution in [2.24, 2.45) is 0 Å². The summed E-state index contributed by atoms with van der Waals surface area (Å²) in [4.78, 5) is 11.6. The van der Waals surface area contributed by atoms with Crippen molar-refractivity contribution in [1.29, 1.82) is 0 Å². The molecule has 0 unspecified atom stereocenters. The summed E-state index contributed by atoms with van der Waals surface area (Å²) in [5.74, 6) is -0.333. The predicted molar refractivity (Wildman–Crippen MR) is 63.3 cm³/mol. The van der Waals surface area contributed by atoms with Gasteiger partial charge in [-0.15, -0.1) is 0 Å². The van der Waals surface area contributed by atoms with Crippen LogP contribution in [0.3, 0.4) is 0 Å². The van der Waals surface area contributed by atoms with E-state index >= 15 is 0 Å². The van der Waals surface area contributed by atoms with Crippen LogP contribution in [-0.2, 0) is 6.18 Å². The third-order valence-corrected chi connectivity index (χ3v) is 2.54. The summed E-state index contributed by atoms with van der Waals surface area (Å²) in [5.41, 5.74) is -0.496. The molecule has 1 aromatic carbocycles. The molecule has 0 aromatic heterocycles. The number of carbonyl (C=O) groups is 1. The van der Waals surface area contributed by atoms with Crippen LogP contribution in [0.2, 0.25) is 0 Å². The van der Waals surface area contributed by atoms with Crippen molar-refractivity contribution in [3.63, 3.8) is 0 Å². The lowest BCUT2D eigenvalue weighted by Crippen LogP contribution is -2.24. The van der Waals surface area contributed by atoms with Gasteiger partial charge in [0, 0.05) is 12.1 Å². The van der Waals surface area contributed by atoms with Gasteiger partial charge in [0.1, 0.15) is 0 Å². The molecule has 0 spiro atoms. The summed E-state index contributed by atoms with van der Waals surface area (Å²) in [6.07, 6.45) is -1.41. The van der Waals surface area contributed by atoms with Crippen LogP contribution >= 0.6 is 0 Å². The Balaban J connectivity index is 2.54. The quantitative estimate of drug-likeness (QED) is 0.804. The molecule has 0 saturated carbocycles. The highest BCUT2D eigenvalue weighted by atomic mass is 19.4. The molecular formula is C13H16F3NO. The minimum absolute atomic E-state index is 0.250. The molecule has 0 heterocycles. The average molecular weight is 259 g/mol. The van der Waals surface area contributed by atoms with E-state index in [2.05, 4.69) is 12.2 Å². The molecule has 100 valence electrons. The minimum atomic E-state index is -4.36. The lowest BCUT2D eigenvalue weighted by atomic mass is 10.1. The lowest BCUT2D eigenvalue weighted by molar-refractivity contribution is -0.137. The molecule has 1 N–H and O–H groups in total. The summed E-state index contributed by atoms with van der Waals surface area (Å²) in [6.45, 7) is 2.60. The number of nitrogens with one attached hydrogen (secondary N) is 1. The molecule has 0 saturated heterocycles. The van der Waals surface area contributed by atoms with Crippen LogP contribution in [0.1, 0.15) is 42.1 Å². The van der Waals surface area contributed by atoms with Crippen molar-refractivity contribution in [3.8, 4) is 0 Å². The van der Waals surface area contributed by atoms with E-state index in [9.17, 15) is 18.0 Å². The predicted octanol–water partition coefficient (Wildman–Crippen LogP) is 3.63. The maximum absolute atomic E-state index is 12.3. The Bertz CT molecular complexity index is 384. The normalized spacial score (nSPS) is 11.3. The van der Waals surface area contributed by atoms with E-state index in [-0.39, 0.29) is 11.5 Å². The number of halogens is 3. The molecule has 0 aliphatic heterocycles. The van der Waals surface area contributed by atoms with Crippen molar-refractivity contribution in [2.75, 3.05) is 6.54 Å². The lowest BCUT2D eigenvalue weighted by Gasteiger charge is -2.08. The number of benzene rings is 1. The van der Waals surface area contributed by atoms with E-state index in [1.54, 1.807) is 0 Å². The molecule has 5 heteroatoms. The molecule has 2 nitrogen and oxygen atoms in total. The molecule has 1 aromatic rings. The Morgan fingerprint density at radius 2 is 1.78 bits per heavy atom. The smallest absolute Gasteiger partial charge is 0.352 e. The van der Waals surface area contributed by atoms with Gasteiger partial charge in [-0.3, -0.25) is 4.79 Å². The molecule has 0 bridgehead atoms. The highest BCUT2D eigenvalue weighted by Gasteiger charge is 2.30. The Hall–Kier alpha value is -1.52. The van der Waals surface area contributed by atoms with Gasteiger partial charge >= 0.3 is 6.18 Å². The van der Waals surface area contributed by atoms with Crippen molar-refractivity contribution in [1.82, 2.24) is 5.32 Å². The maximum atomic E-state index is 12.3. The van der Waals surface area contributed by atoms with Crippen molar-refractivity contribution >= 4 is 5.91 Å². The zero-order chi connectivity index (χ0) is 13.6. The van der Waals surface area contributed by atoms with E-state index in [4.69, 9.17) is 0 Å². The molecule has 0 radical (unpaired) electrons. The number of carbonyl (C=O) groups excluding carboxylic acids is 1. The second-order valence-electron chi connectivity index (χ2n) is 4.04. The Kier molecular flexibility index (Phi) is 5.19. The van der Waals surface area contributed by atoms with Crippen LogP contribution in [0.15, 0.2) is 24.3 Å². The van der Waals surface area contributed by atoms with E-state index in [1.165, 1.54) is 12.1 Å². The molecule has 1 amide bonds. The standard InChI is InChI=1S/C13H16F3NO/c1-2-3-4-9-17-12(18)10-5-7-11(8-6-10)13(14,15)16/h5-8H,2-4,9H2,1H3,(H,17,18). The average Bonchev–Trinajstić information content (AvgIpc) is 2.33. The monoisotopic (exact) mass is 259 g/mol. The van der Waals surface area contributed by atoms with Gasteiger partial charge in [-0.05, 0) is 30.7 Å². The number of unbranched alkanes of at least 4 members (excludes halogenated alkanes) is 2. The fourth-order valence-electron chi connectivity index (χ4n) is 1.49. The van der Waals surface area contributed by atoms with Crippen LogP contribution in [0, 0.1) is 0 Å². The SMILES string of the molecule is CCCCCNC(=O)c1ccc(C(F)(F)F)cc1. The van der Waals surface area contributed by atoms with Crippen LogP contribution in [-0.4, -0.2) is 12.5 Å². The molecule has 0 atom stereocenters. The van der Waals surface area contributed by atoms with E-state index in [1.807, 2.05) is 0 Å². The van der Waals surface area contributed by atoms with Crippen LogP contribution in [0.4, 0.5) is 13.2 Å². The van der Waals surface area contributed by atoms with Gasteiger partial charge in [-0.1, -0.05) is 19.8 Å². The highest BCUT2D eigenvalue weighted by Crippen LogP contribution is 2.28. The number of amides is 1. The third-order valence-electron chi connectivity index (χ3n) is 2.54. The first-order chi connectivity index (χ1) is 8.45. The van der Waals surface area contributed by atoms with Gasteiger partial charge < -0.3 is 5.32 Å². The fraction of sp³-hybridized carbons (Fsp3) is 0.462. The summed E-state index contributed by atoms with van der Waals surface area (Å²) in [6, 6.07) is 4.22. The Morgan fingerprint density at radius 1 is 1.17 bits per heavy atom. The number of hydrogen-bond donors (Lipinski definition) is 1. The van der Waals surface area contributed by atoms with Crippen LogP contribution < -0.4 is 5.32 Å². The molecule has 0 aliphatic carbocycles. The zero-order valence-electron chi connectivity index (χ0n) is 10.2. The second-order valence-corrected chi connectivity index (χ2v) is 4.04. The molecule has 18 heavy (non-hydrogen) atoms. The van der Waals surface area contributed by atoms with Crippen molar-refractivity contribution in [2.45, 2.75) is 32.4 Å². The van der Waals surface area contributed by atoms with Gasteiger partial charge in [-0.2, -0.15) is 13.2 Å². The molecule has 0 fully saturated rings. The highest BCUT2D eigenvalue weighted by molar-refractivity contribution is 5.94. The summed E-state index contributed by atoms with van der Waals surface area (Å²) < 4.78 is 36.9. The first-order valence-electron chi connectivity index (χ1n) is 5.90. The van der Waals surface area contributed by atoms with Gasteiger partial charge in [0.15, 0.2) is 0 Å². The molecular weight excluding hydrogens is 243 g/mol. The Morgan fingerprint density at radius 3 is 2.28 bits per heavy atom. The Labute approximate surface area is 104 Å². The molecule has 0 aliphatic rings. The van der Waals surface area contributed by atoms with Gasteiger partial charge in [0.05, 0.1) is 5.56 Å². The largest absolute Gasteiger partial charge is 0.416 e. The topological polar surface area (TPSA) is 29.1 Å². The maximum Gasteiger partial charge on any atom is 0.416 e. The van der Waals surface area contributed by atoms with Gasteiger partial charge in [0.25, 0.3) is 5.91 Å². The summed E-state index contributed by atoms with van der Waals surface area (Å²) >= 11 is 0. The van der Waals surface area contributed by atoms with E-state index in [0.29, 0.717) is 6.54 Å². The van der Waals surface area contributed by atoms with Crippen molar-refractivity contribution in [3.05, 3.63) is 35.4 Å². The van der Waals surface area contributed by atoms with Gasteiger partial charge in [-0.25, -0.2) is 0 Å². The first-order valence-corrected chi connectivity index (χ1v) is 5.90. The fourth-order valence-corrected chi connectivity index (χ4v) is 1.49. The summed E-state index contributed by atoms with van der Waals surface area (Å²) in [5, 5.41) is 2.67. The third kappa shape index (κ3) is 4.39. The summed E-state index contributed by atoms with van der Waals surface area (Å²) in [7, 11) is 0. The number of hydrogen-bond acceptors (Lipinski definition) is 1. The van der Waals surface area contributed by atoms with Crippen LogP contribution in [0.5, 0.6) is 0 Å². The first kappa shape index (κ1) is 14.5. The van der Waals surface area contributed by atoms with E-state index in [0.717, 1.165) is 31.4 Å². The van der Waals surface area contributed by atoms with Crippen molar-refractivity contribution < 1.29 is 18.0 Å². The zero-order valence-corrected chi connectivity index (χ0v) is 10.2. The van der Waals surface area contributed by atoms with Gasteiger partial charge in [0.2, 0.25) is 0 Å². The molecule has 1 rings (SSSR count). The van der Waals surface area contributed by atoms with E-state index < -0.39 is 11.7 Å².